The van der Waals surface area contributed by atoms with Crippen LogP contribution >= 0.6 is 0 Å². The van der Waals surface area contributed by atoms with Crippen molar-refractivity contribution in [2.45, 2.75) is 52.1 Å². The van der Waals surface area contributed by atoms with Gasteiger partial charge in [0, 0.05) is 34.9 Å². The van der Waals surface area contributed by atoms with Crippen LogP contribution in [0.1, 0.15) is 51.5 Å². The van der Waals surface area contributed by atoms with Crippen LogP contribution in [0.5, 0.6) is 11.5 Å². The van der Waals surface area contributed by atoms with Gasteiger partial charge in [-0.1, -0.05) is 12.1 Å². The summed E-state index contributed by atoms with van der Waals surface area (Å²) >= 11 is 0. The van der Waals surface area contributed by atoms with Crippen molar-refractivity contribution in [1.29, 1.82) is 0 Å². The molecule has 0 N–H and O–H groups in total. The van der Waals surface area contributed by atoms with Crippen molar-refractivity contribution in [2.24, 2.45) is 10.9 Å². The monoisotopic (exact) mass is 385 g/mol. The van der Waals surface area contributed by atoms with Crippen LogP contribution in [0.25, 0.3) is 0 Å². The van der Waals surface area contributed by atoms with Crippen LogP contribution in [0.2, 0.25) is 0 Å². The lowest BCUT2D eigenvalue weighted by atomic mass is 9.71. The average Bonchev–Trinajstić information content (AvgIpc) is 2.65. The molecular formula is C22H27NO5. The van der Waals surface area contributed by atoms with Crippen LogP contribution < -0.4 is 9.47 Å². The summed E-state index contributed by atoms with van der Waals surface area (Å²) in [7, 11) is 3.13. The summed E-state index contributed by atoms with van der Waals surface area (Å²) < 4.78 is 16.6. The van der Waals surface area contributed by atoms with Gasteiger partial charge in [-0.25, -0.2) is 0 Å². The third-order valence-corrected chi connectivity index (χ3v) is 5.21. The van der Waals surface area contributed by atoms with Crippen LogP contribution in [-0.4, -0.2) is 37.8 Å². The molecule has 0 saturated carbocycles. The number of aliphatic imine (C=N–C) groups is 1. The smallest absolute Gasteiger partial charge is 0.315 e. The summed E-state index contributed by atoms with van der Waals surface area (Å²) in [5.41, 5.74) is 2.78. The maximum absolute atomic E-state index is 13.0. The molecule has 0 fully saturated rings. The molecule has 0 amide bonds. The van der Waals surface area contributed by atoms with Crippen molar-refractivity contribution in [1.82, 2.24) is 0 Å². The first-order valence-electron chi connectivity index (χ1n) is 9.61. The molecule has 150 valence electrons. The Morgan fingerprint density at radius 3 is 2.57 bits per heavy atom. The highest BCUT2D eigenvalue weighted by Gasteiger charge is 2.44. The molecule has 1 unspecified atom stereocenters. The summed E-state index contributed by atoms with van der Waals surface area (Å²) in [6.45, 7) is 5.45. The van der Waals surface area contributed by atoms with E-state index in [1.165, 1.54) is 0 Å². The summed E-state index contributed by atoms with van der Waals surface area (Å²) in [6, 6.07) is 5.52. The van der Waals surface area contributed by atoms with E-state index in [0.717, 1.165) is 24.1 Å². The molecule has 28 heavy (non-hydrogen) atoms. The van der Waals surface area contributed by atoms with Gasteiger partial charge >= 0.3 is 5.97 Å². The van der Waals surface area contributed by atoms with Gasteiger partial charge in [0.2, 0.25) is 0 Å². The highest BCUT2D eigenvalue weighted by atomic mass is 16.5. The predicted molar refractivity (Wildman–Crippen MR) is 106 cm³/mol. The molecule has 1 aromatic rings. The number of carbonyl (C=O) groups is 2. The number of hydrogen-bond donors (Lipinski definition) is 0. The second-order valence-corrected chi connectivity index (χ2v) is 7.41. The summed E-state index contributed by atoms with van der Waals surface area (Å²) in [4.78, 5) is 30.6. The first kappa shape index (κ1) is 20.1. The zero-order valence-electron chi connectivity index (χ0n) is 17.1. The predicted octanol–water partition coefficient (Wildman–Crippen LogP) is 3.84. The van der Waals surface area contributed by atoms with E-state index in [1.807, 2.05) is 32.9 Å². The summed E-state index contributed by atoms with van der Waals surface area (Å²) in [6.07, 6.45) is 1.71. The van der Waals surface area contributed by atoms with Gasteiger partial charge in [-0.05, 0) is 39.7 Å². The van der Waals surface area contributed by atoms with E-state index >= 15 is 0 Å². The van der Waals surface area contributed by atoms with E-state index in [2.05, 4.69) is 4.99 Å². The Hall–Kier alpha value is -2.63. The minimum atomic E-state index is -0.677. The Kier molecular flexibility index (Phi) is 5.87. The lowest BCUT2D eigenvalue weighted by Gasteiger charge is -2.35. The lowest BCUT2D eigenvalue weighted by Crippen LogP contribution is -2.38. The third-order valence-electron chi connectivity index (χ3n) is 5.21. The van der Waals surface area contributed by atoms with E-state index in [0.29, 0.717) is 29.2 Å². The normalized spacial score (nSPS) is 21.9. The van der Waals surface area contributed by atoms with Crippen molar-refractivity contribution >= 4 is 17.5 Å². The molecule has 0 radical (unpaired) electrons. The minimum absolute atomic E-state index is 0.0368. The number of hydrogen-bond acceptors (Lipinski definition) is 6. The largest absolute Gasteiger partial charge is 0.493 e. The number of nitrogens with zero attached hydrogens (tertiary/aromatic N) is 1. The Bertz CT molecular complexity index is 852. The van der Waals surface area contributed by atoms with Crippen LogP contribution in [-0.2, 0) is 14.3 Å². The van der Waals surface area contributed by atoms with Gasteiger partial charge in [-0.15, -0.1) is 0 Å². The SMILES string of the molecule is COc1cccc([C@H]2C3=C(CCCC3=O)N=C(C)C2C(=O)OC(C)C)c1OC. The first-order valence-corrected chi connectivity index (χ1v) is 9.61. The van der Waals surface area contributed by atoms with Gasteiger partial charge in [-0.3, -0.25) is 14.6 Å². The van der Waals surface area contributed by atoms with Crippen LogP contribution in [0.15, 0.2) is 34.5 Å². The van der Waals surface area contributed by atoms with Crippen molar-refractivity contribution in [3.05, 3.63) is 35.0 Å². The van der Waals surface area contributed by atoms with Crippen LogP contribution in [0.4, 0.5) is 0 Å². The van der Waals surface area contributed by atoms with Crippen molar-refractivity contribution in [2.75, 3.05) is 14.2 Å². The third kappa shape index (κ3) is 3.55. The van der Waals surface area contributed by atoms with Gasteiger partial charge in [0.05, 0.1) is 20.3 Å². The average molecular weight is 385 g/mol. The molecule has 1 heterocycles. The van der Waals surface area contributed by atoms with E-state index in [4.69, 9.17) is 14.2 Å². The highest BCUT2D eigenvalue weighted by molar-refractivity contribution is 6.09. The highest BCUT2D eigenvalue weighted by Crippen LogP contribution is 2.48. The second-order valence-electron chi connectivity index (χ2n) is 7.41. The van der Waals surface area contributed by atoms with E-state index in [-0.39, 0.29) is 17.9 Å². The van der Waals surface area contributed by atoms with Crippen molar-refractivity contribution in [3.8, 4) is 11.5 Å². The quantitative estimate of drug-likeness (QED) is 0.720. The molecule has 0 spiro atoms. The van der Waals surface area contributed by atoms with Crippen LogP contribution in [0.3, 0.4) is 0 Å². The summed E-state index contributed by atoms with van der Waals surface area (Å²) in [5, 5.41) is 0. The van der Waals surface area contributed by atoms with Gasteiger partial charge in [0.1, 0.15) is 5.92 Å². The standard InChI is InChI=1S/C22H27NO5/c1-12(2)28-22(25)18-13(3)23-15-9-7-10-16(24)20(15)19(18)14-8-6-11-17(26-4)21(14)27-5/h6,8,11-12,18-19H,7,9-10H2,1-5H3/t18?,19-/m1/s1. The molecule has 6 nitrogen and oxygen atoms in total. The Morgan fingerprint density at radius 1 is 1.18 bits per heavy atom. The number of esters is 1. The van der Waals surface area contributed by atoms with Crippen molar-refractivity contribution in [3.63, 3.8) is 0 Å². The number of carbonyl (C=O) groups excluding carboxylic acids is 2. The van der Waals surface area contributed by atoms with E-state index in [1.54, 1.807) is 20.3 Å². The van der Waals surface area contributed by atoms with Gasteiger partial charge in [0.25, 0.3) is 0 Å². The molecule has 0 bridgehead atoms. The number of rotatable bonds is 5. The molecule has 0 saturated heterocycles. The molecular weight excluding hydrogens is 358 g/mol. The maximum atomic E-state index is 13.0. The minimum Gasteiger partial charge on any atom is -0.493 e. The number of allylic oxidation sites excluding steroid dienone is 2. The second kappa shape index (κ2) is 8.17. The fourth-order valence-electron chi connectivity index (χ4n) is 4.11. The number of methoxy groups -OCH3 is 2. The van der Waals surface area contributed by atoms with Gasteiger partial charge < -0.3 is 14.2 Å². The number of para-hydroxylation sites is 1. The van der Waals surface area contributed by atoms with E-state index < -0.39 is 11.8 Å². The molecule has 1 aliphatic carbocycles. The fraction of sp³-hybridized carbons (Fsp3) is 0.500. The molecule has 1 aromatic carbocycles. The molecule has 2 aliphatic rings. The summed E-state index contributed by atoms with van der Waals surface area (Å²) in [5.74, 6) is -0.439. The maximum Gasteiger partial charge on any atom is 0.315 e. The topological polar surface area (TPSA) is 74.2 Å². The Labute approximate surface area is 165 Å². The van der Waals surface area contributed by atoms with Gasteiger partial charge in [-0.2, -0.15) is 0 Å². The molecule has 6 heteroatoms. The zero-order chi connectivity index (χ0) is 20.4. The number of benzene rings is 1. The number of ketones is 1. The number of ether oxygens (including phenoxy) is 3. The van der Waals surface area contributed by atoms with Gasteiger partial charge in [0.15, 0.2) is 17.3 Å². The van der Waals surface area contributed by atoms with Crippen molar-refractivity contribution < 1.29 is 23.8 Å². The first-order chi connectivity index (χ1) is 13.4. The fourth-order valence-corrected chi connectivity index (χ4v) is 4.11. The molecule has 3 rings (SSSR count). The molecule has 2 atom stereocenters. The van der Waals surface area contributed by atoms with E-state index in [9.17, 15) is 9.59 Å². The number of Topliss-reactive ketones (excluding diaryl/α,β-unsaturated/α-hetero) is 1. The lowest BCUT2D eigenvalue weighted by molar-refractivity contribution is -0.150. The Balaban J connectivity index is 2.22. The zero-order valence-corrected chi connectivity index (χ0v) is 17.1. The van der Waals surface area contributed by atoms with Crippen LogP contribution in [0, 0.1) is 5.92 Å². The molecule has 1 aliphatic heterocycles. The molecule has 0 aromatic heterocycles. The Morgan fingerprint density at radius 2 is 1.93 bits per heavy atom.